The number of hydrogen-bond acceptors (Lipinski definition) is 5. The fourth-order valence-corrected chi connectivity index (χ4v) is 1.24. The first-order valence-corrected chi connectivity index (χ1v) is 8.28. The van der Waals surface area contributed by atoms with Crippen LogP contribution < -0.4 is 0 Å². The smallest absolute Gasteiger partial charge is 0.0781 e. The van der Waals surface area contributed by atoms with Crippen molar-refractivity contribution in [1.82, 2.24) is 0 Å². The topological polar surface area (TPSA) is 68.2 Å². The van der Waals surface area contributed by atoms with Crippen LogP contribution in [0.5, 0.6) is 0 Å². The summed E-state index contributed by atoms with van der Waals surface area (Å²) in [7, 11) is 0. The normalized spacial score (nSPS) is 15.4. The van der Waals surface area contributed by atoms with Gasteiger partial charge in [-0.25, -0.2) is 0 Å². The van der Waals surface area contributed by atoms with Gasteiger partial charge < -0.3 is 24.4 Å². The van der Waals surface area contributed by atoms with Gasteiger partial charge in [-0.2, -0.15) is 0 Å². The summed E-state index contributed by atoms with van der Waals surface area (Å²) in [5.74, 6) is 1.34. The van der Waals surface area contributed by atoms with E-state index in [-0.39, 0.29) is 18.8 Å². The van der Waals surface area contributed by atoms with Crippen molar-refractivity contribution in [1.29, 1.82) is 0 Å². The van der Waals surface area contributed by atoms with Crippen LogP contribution >= 0.6 is 0 Å². The molecule has 0 aliphatic rings. The summed E-state index contributed by atoms with van der Waals surface area (Å²) < 4.78 is 15.8. The minimum absolute atomic E-state index is 0.0170. The fourth-order valence-electron chi connectivity index (χ4n) is 1.24. The molecule has 0 spiro atoms. The van der Waals surface area contributed by atoms with Gasteiger partial charge in [-0.1, -0.05) is 27.7 Å². The highest BCUT2D eigenvalue weighted by atomic mass is 16.5. The van der Waals surface area contributed by atoms with Crippen LogP contribution in [-0.2, 0) is 14.2 Å². The molecule has 136 valence electrons. The molecule has 0 bridgehead atoms. The van der Waals surface area contributed by atoms with E-state index in [4.69, 9.17) is 24.4 Å². The van der Waals surface area contributed by atoms with Crippen molar-refractivity contribution in [3.63, 3.8) is 0 Å². The third-order valence-electron chi connectivity index (χ3n) is 2.40. The van der Waals surface area contributed by atoms with E-state index >= 15 is 0 Å². The van der Waals surface area contributed by atoms with Crippen LogP contribution in [0.15, 0.2) is 0 Å². The lowest BCUT2D eigenvalue weighted by Gasteiger charge is -2.16. The molecule has 0 rings (SSSR count). The number of hydrogen-bond donors (Lipinski definition) is 2. The molecule has 0 heterocycles. The van der Waals surface area contributed by atoms with Crippen molar-refractivity contribution in [2.75, 3.05) is 33.0 Å². The molecule has 22 heavy (non-hydrogen) atoms. The first kappa shape index (κ1) is 24.1. The van der Waals surface area contributed by atoms with Gasteiger partial charge in [-0.3, -0.25) is 0 Å². The van der Waals surface area contributed by atoms with Crippen LogP contribution in [0.25, 0.3) is 0 Å². The Balaban J connectivity index is 0. The number of ether oxygens (including phenoxy) is 3. The third kappa shape index (κ3) is 22.1. The molecule has 0 saturated carbocycles. The second-order valence-electron chi connectivity index (χ2n) is 6.64. The van der Waals surface area contributed by atoms with E-state index in [1.165, 1.54) is 0 Å². The van der Waals surface area contributed by atoms with Gasteiger partial charge in [0.15, 0.2) is 0 Å². The summed E-state index contributed by atoms with van der Waals surface area (Å²) in [5, 5.41) is 17.6. The highest BCUT2D eigenvalue weighted by Crippen LogP contribution is 1.97. The average Bonchev–Trinajstić information content (AvgIpc) is 2.42. The molecule has 0 aliphatic carbocycles. The summed E-state index contributed by atoms with van der Waals surface area (Å²) in [4.78, 5) is 0. The second-order valence-corrected chi connectivity index (χ2v) is 6.64. The standard InChI is InChI=1S/C9H20O4.C8H18O/c1-7(11)5-12-9(3)6-13-8(2)4-10;1-7(2)5-9-6-8(3)4/h7-11H,4-6H2,1-3H3;7-8H,5-6H2,1-4H3. The first-order chi connectivity index (χ1) is 10.2. The molecule has 0 fully saturated rings. The Morgan fingerprint density at radius 3 is 1.50 bits per heavy atom. The Morgan fingerprint density at radius 1 is 0.682 bits per heavy atom. The van der Waals surface area contributed by atoms with Crippen LogP contribution in [0.4, 0.5) is 0 Å². The maximum Gasteiger partial charge on any atom is 0.0781 e. The summed E-state index contributed by atoms with van der Waals surface area (Å²) in [5.41, 5.74) is 0. The molecule has 2 N–H and O–H groups in total. The summed E-state index contributed by atoms with van der Waals surface area (Å²) >= 11 is 0. The minimum atomic E-state index is -0.447. The van der Waals surface area contributed by atoms with E-state index in [2.05, 4.69) is 27.7 Å². The van der Waals surface area contributed by atoms with Gasteiger partial charge in [-0.05, 0) is 32.6 Å². The van der Waals surface area contributed by atoms with Crippen molar-refractivity contribution in [3.05, 3.63) is 0 Å². The van der Waals surface area contributed by atoms with Crippen molar-refractivity contribution in [3.8, 4) is 0 Å². The molecule has 0 aromatic rings. The lowest BCUT2D eigenvalue weighted by Crippen LogP contribution is -2.24. The monoisotopic (exact) mass is 322 g/mol. The van der Waals surface area contributed by atoms with Gasteiger partial charge in [0, 0.05) is 13.2 Å². The minimum Gasteiger partial charge on any atom is -0.394 e. The van der Waals surface area contributed by atoms with Crippen molar-refractivity contribution in [2.45, 2.75) is 66.8 Å². The zero-order chi connectivity index (χ0) is 17.5. The van der Waals surface area contributed by atoms with Gasteiger partial charge in [0.2, 0.25) is 0 Å². The Morgan fingerprint density at radius 2 is 1.14 bits per heavy atom. The predicted octanol–water partition coefficient (Wildman–Crippen LogP) is 2.48. The molecule has 0 aromatic heterocycles. The van der Waals surface area contributed by atoms with E-state index < -0.39 is 6.10 Å². The van der Waals surface area contributed by atoms with Crippen LogP contribution in [0.3, 0.4) is 0 Å². The lowest BCUT2D eigenvalue weighted by atomic mass is 10.2. The zero-order valence-electron chi connectivity index (χ0n) is 15.5. The molecule has 5 heteroatoms. The molecule has 3 unspecified atom stereocenters. The number of aliphatic hydroxyl groups is 2. The SMILES string of the molecule is CC(C)COCC(C)C.CC(O)COC(C)COC(C)CO. The van der Waals surface area contributed by atoms with Gasteiger partial charge in [-0.15, -0.1) is 0 Å². The molecule has 0 saturated heterocycles. The molecule has 0 radical (unpaired) electrons. The molecule has 0 aromatic carbocycles. The lowest BCUT2D eigenvalue weighted by molar-refractivity contribution is -0.0620. The van der Waals surface area contributed by atoms with E-state index in [1.54, 1.807) is 13.8 Å². The quantitative estimate of drug-likeness (QED) is 0.612. The Kier molecular flexibility index (Phi) is 17.2. The Labute approximate surface area is 137 Å². The molecular formula is C17H38O5. The van der Waals surface area contributed by atoms with E-state index in [1.807, 2.05) is 6.92 Å². The maximum atomic E-state index is 8.92. The Hall–Kier alpha value is -0.200. The van der Waals surface area contributed by atoms with Crippen molar-refractivity contribution < 1.29 is 24.4 Å². The van der Waals surface area contributed by atoms with Gasteiger partial charge in [0.1, 0.15) is 0 Å². The average molecular weight is 322 g/mol. The van der Waals surface area contributed by atoms with E-state index in [0.29, 0.717) is 25.0 Å². The van der Waals surface area contributed by atoms with Gasteiger partial charge >= 0.3 is 0 Å². The molecular weight excluding hydrogens is 284 g/mol. The van der Waals surface area contributed by atoms with E-state index in [0.717, 1.165) is 13.2 Å². The molecule has 5 nitrogen and oxygen atoms in total. The molecule has 0 aliphatic heterocycles. The predicted molar refractivity (Wildman–Crippen MR) is 90.1 cm³/mol. The largest absolute Gasteiger partial charge is 0.394 e. The van der Waals surface area contributed by atoms with Crippen LogP contribution in [0.1, 0.15) is 48.5 Å². The Bertz CT molecular complexity index is 211. The first-order valence-electron chi connectivity index (χ1n) is 8.28. The van der Waals surface area contributed by atoms with Crippen LogP contribution in [0.2, 0.25) is 0 Å². The van der Waals surface area contributed by atoms with Crippen molar-refractivity contribution >= 4 is 0 Å². The van der Waals surface area contributed by atoms with Gasteiger partial charge in [0.05, 0.1) is 38.1 Å². The van der Waals surface area contributed by atoms with E-state index in [9.17, 15) is 0 Å². The summed E-state index contributed by atoms with van der Waals surface area (Å²) in [6, 6.07) is 0. The summed E-state index contributed by atoms with van der Waals surface area (Å²) in [6.45, 7) is 16.6. The number of rotatable bonds is 11. The van der Waals surface area contributed by atoms with Crippen LogP contribution in [-0.4, -0.2) is 61.6 Å². The number of aliphatic hydroxyl groups excluding tert-OH is 2. The highest BCUT2D eigenvalue weighted by Gasteiger charge is 2.07. The van der Waals surface area contributed by atoms with Gasteiger partial charge in [0.25, 0.3) is 0 Å². The fraction of sp³-hybridized carbons (Fsp3) is 1.00. The maximum absolute atomic E-state index is 8.92. The third-order valence-corrected chi connectivity index (χ3v) is 2.40. The highest BCUT2D eigenvalue weighted by molar-refractivity contribution is 4.53. The molecule has 0 amide bonds. The molecule has 3 atom stereocenters. The van der Waals surface area contributed by atoms with Crippen molar-refractivity contribution in [2.24, 2.45) is 11.8 Å². The zero-order valence-corrected chi connectivity index (χ0v) is 15.5. The van der Waals surface area contributed by atoms with Crippen LogP contribution in [0, 0.1) is 11.8 Å². The summed E-state index contributed by atoms with van der Waals surface area (Å²) in [6.07, 6.45) is -0.654. The second kappa shape index (κ2) is 15.7.